The van der Waals surface area contributed by atoms with Gasteiger partial charge < -0.3 is 10.2 Å². The number of thioether (sulfide) groups is 1. The minimum absolute atomic E-state index is 0.0230. The first-order chi connectivity index (χ1) is 9.06. The molecule has 1 N–H and O–H groups in total. The predicted octanol–water partition coefficient (Wildman–Crippen LogP) is 3.29. The second-order valence-electron chi connectivity index (χ2n) is 4.14. The molecule has 0 fully saturated rings. The van der Waals surface area contributed by atoms with Crippen molar-refractivity contribution in [2.75, 3.05) is 24.2 Å². The Balaban J connectivity index is 2.42. The highest BCUT2D eigenvalue weighted by atomic mass is 32.2. The fourth-order valence-electron chi connectivity index (χ4n) is 1.62. The lowest BCUT2D eigenvalue weighted by Gasteiger charge is -2.20. The Bertz CT molecular complexity index is 445. The van der Waals surface area contributed by atoms with E-state index in [1.807, 2.05) is 31.2 Å². The molecule has 0 aliphatic heterocycles. The average molecular weight is 296 g/mol. The third-order valence-electron chi connectivity index (χ3n) is 2.65. The molecular formula is C14H20N2OS2. The standard InChI is InChI=1S/C14H20N2OS2/c1-4-16(5-2)14(18)19-10-13(17)15-12-8-6-7-11(3)9-12/h6-9H,4-5,10H2,1-3H3,(H,15,17). The minimum Gasteiger partial charge on any atom is -0.358 e. The van der Waals surface area contributed by atoms with Crippen molar-refractivity contribution in [1.82, 2.24) is 4.90 Å². The van der Waals surface area contributed by atoms with Crippen molar-refractivity contribution in [3.8, 4) is 0 Å². The molecule has 19 heavy (non-hydrogen) atoms. The summed E-state index contributed by atoms with van der Waals surface area (Å²) in [5.74, 6) is 0.327. The van der Waals surface area contributed by atoms with Gasteiger partial charge in [-0.25, -0.2) is 0 Å². The van der Waals surface area contributed by atoms with Crippen molar-refractivity contribution < 1.29 is 4.79 Å². The van der Waals surface area contributed by atoms with Crippen LogP contribution in [0.25, 0.3) is 0 Å². The molecule has 0 radical (unpaired) electrons. The molecule has 1 rings (SSSR count). The predicted molar refractivity (Wildman–Crippen MR) is 87.8 cm³/mol. The number of anilines is 1. The van der Waals surface area contributed by atoms with Gasteiger partial charge in [-0.3, -0.25) is 4.79 Å². The van der Waals surface area contributed by atoms with Gasteiger partial charge in [0.25, 0.3) is 0 Å². The van der Waals surface area contributed by atoms with Crippen molar-refractivity contribution in [3.05, 3.63) is 29.8 Å². The van der Waals surface area contributed by atoms with Gasteiger partial charge in [0.05, 0.1) is 5.75 Å². The summed E-state index contributed by atoms with van der Waals surface area (Å²) in [6.07, 6.45) is 0. The van der Waals surface area contributed by atoms with Crippen LogP contribution in [0, 0.1) is 6.92 Å². The zero-order chi connectivity index (χ0) is 14.3. The number of benzene rings is 1. The summed E-state index contributed by atoms with van der Waals surface area (Å²) in [6, 6.07) is 7.77. The molecule has 0 aliphatic carbocycles. The average Bonchev–Trinajstić information content (AvgIpc) is 2.38. The number of carbonyl (C=O) groups is 1. The van der Waals surface area contributed by atoms with Gasteiger partial charge in [0.1, 0.15) is 4.32 Å². The van der Waals surface area contributed by atoms with Crippen LogP contribution in [0.2, 0.25) is 0 Å². The number of nitrogens with one attached hydrogen (secondary N) is 1. The highest BCUT2D eigenvalue weighted by Gasteiger charge is 2.09. The van der Waals surface area contributed by atoms with Gasteiger partial charge in [-0.15, -0.1) is 0 Å². The number of carbonyl (C=O) groups excluding carboxylic acids is 1. The maximum atomic E-state index is 11.8. The van der Waals surface area contributed by atoms with Gasteiger partial charge in [-0.1, -0.05) is 36.1 Å². The number of amides is 1. The van der Waals surface area contributed by atoms with E-state index in [9.17, 15) is 4.79 Å². The van der Waals surface area contributed by atoms with E-state index in [4.69, 9.17) is 12.2 Å². The fourth-order valence-corrected chi connectivity index (χ4v) is 2.82. The third-order valence-corrected chi connectivity index (χ3v) is 4.17. The smallest absolute Gasteiger partial charge is 0.234 e. The molecule has 3 nitrogen and oxygen atoms in total. The summed E-state index contributed by atoms with van der Waals surface area (Å²) in [6.45, 7) is 7.87. The maximum Gasteiger partial charge on any atom is 0.234 e. The summed E-state index contributed by atoms with van der Waals surface area (Å²) in [5.41, 5.74) is 1.96. The van der Waals surface area contributed by atoms with Gasteiger partial charge in [-0.05, 0) is 38.5 Å². The van der Waals surface area contributed by atoms with E-state index in [1.165, 1.54) is 11.8 Å². The Labute approximate surface area is 124 Å². The number of aryl methyl sites for hydroxylation is 1. The van der Waals surface area contributed by atoms with Crippen molar-refractivity contribution in [3.63, 3.8) is 0 Å². The van der Waals surface area contributed by atoms with Crippen molar-refractivity contribution in [2.24, 2.45) is 0 Å². The van der Waals surface area contributed by atoms with Gasteiger partial charge in [-0.2, -0.15) is 0 Å². The Morgan fingerprint density at radius 2 is 2.05 bits per heavy atom. The van der Waals surface area contributed by atoms with E-state index < -0.39 is 0 Å². The molecule has 1 aromatic rings. The second-order valence-corrected chi connectivity index (χ2v) is 5.75. The molecule has 0 atom stereocenters. The molecule has 0 aliphatic rings. The Kier molecular flexibility index (Phi) is 6.87. The summed E-state index contributed by atoms with van der Waals surface area (Å²) >= 11 is 6.70. The van der Waals surface area contributed by atoms with Gasteiger partial charge in [0, 0.05) is 18.8 Å². The first-order valence-electron chi connectivity index (χ1n) is 6.35. The quantitative estimate of drug-likeness (QED) is 0.845. The molecule has 1 aromatic carbocycles. The van der Waals surface area contributed by atoms with Crippen molar-refractivity contribution in [1.29, 1.82) is 0 Å². The summed E-state index contributed by atoms with van der Waals surface area (Å²) in [7, 11) is 0. The molecule has 5 heteroatoms. The van der Waals surface area contributed by atoms with E-state index >= 15 is 0 Å². The van der Waals surface area contributed by atoms with E-state index in [1.54, 1.807) is 0 Å². The molecule has 0 saturated carbocycles. The zero-order valence-electron chi connectivity index (χ0n) is 11.6. The first kappa shape index (κ1) is 16.0. The largest absolute Gasteiger partial charge is 0.358 e. The summed E-state index contributed by atoms with van der Waals surface area (Å²) < 4.78 is 0.782. The molecule has 0 unspecified atom stereocenters. The van der Waals surface area contributed by atoms with Crippen LogP contribution in [0.1, 0.15) is 19.4 Å². The number of rotatable bonds is 5. The molecule has 104 valence electrons. The van der Waals surface area contributed by atoms with Crippen molar-refractivity contribution in [2.45, 2.75) is 20.8 Å². The topological polar surface area (TPSA) is 32.3 Å². The number of hydrogen-bond acceptors (Lipinski definition) is 3. The lowest BCUT2D eigenvalue weighted by atomic mass is 10.2. The monoisotopic (exact) mass is 296 g/mol. The van der Waals surface area contributed by atoms with Crippen LogP contribution < -0.4 is 5.32 Å². The van der Waals surface area contributed by atoms with Crippen LogP contribution in [0.15, 0.2) is 24.3 Å². The summed E-state index contributed by atoms with van der Waals surface area (Å²) in [5, 5.41) is 2.88. The number of thiocarbonyl (C=S) groups is 1. The SMILES string of the molecule is CCN(CC)C(=S)SCC(=O)Nc1cccc(C)c1. The van der Waals surface area contributed by atoms with Gasteiger partial charge in [0.2, 0.25) is 5.91 Å². The van der Waals surface area contributed by atoms with Crippen LogP contribution in [-0.2, 0) is 4.79 Å². The molecule has 0 bridgehead atoms. The normalized spacial score (nSPS) is 10.1. The van der Waals surface area contributed by atoms with E-state index in [2.05, 4.69) is 24.1 Å². The molecule has 0 saturated heterocycles. The highest BCUT2D eigenvalue weighted by Crippen LogP contribution is 2.12. The maximum absolute atomic E-state index is 11.8. The Morgan fingerprint density at radius 3 is 2.63 bits per heavy atom. The molecule has 0 heterocycles. The van der Waals surface area contributed by atoms with Crippen molar-refractivity contribution >= 4 is 39.9 Å². The highest BCUT2D eigenvalue weighted by molar-refractivity contribution is 8.23. The number of nitrogens with zero attached hydrogens (tertiary/aromatic N) is 1. The second kappa shape index (κ2) is 8.17. The van der Waals surface area contributed by atoms with Crippen LogP contribution in [0.4, 0.5) is 5.69 Å². The minimum atomic E-state index is -0.0230. The van der Waals surface area contributed by atoms with Crippen LogP contribution in [0.5, 0.6) is 0 Å². The molecule has 0 aromatic heterocycles. The first-order valence-corrected chi connectivity index (χ1v) is 7.74. The van der Waals surface area contributed by atoms with Gasteiger partial charge >= 0.3 is 0 Å². The lowest BCUT2D eigenvalue weighted by molar-refractivity contribution is -0.113. The number of hydrogen-bond donors (Lipinski definition) is 1. The lowest BCUT2D eigenvalue weighted by Crippen LogP contribution is -2.28. The Morgan fingerprint density at radius 1 is 1.37 bits per heavy atom. The van der Waals surface area contributed by atoms with Crippen LogP contribution in [0.3, 0.4) is 0 Å². The molecular weight excluding hydrogens is 276 g/mol. The zero-order valence-corrected chi connectivity index (χ0v) is 13.2. The van der Waals surface area contributed by atoms with E-state index in [0.29, 0.717) is 5.75 Å². The van der Waals surface area contributed by atoms with Crippen LogP contribution in [-0.4, -0.2) is 34.0 Å². The fraction of sp³-hybridized carbons (Fsp3) is 0.429. The van der Waals surface area contributed by atoms with Gasteiger partial charge in [0.15, 0.2) is 0 Å². The molecule has 0 spiro atoms. The van der Waals surface area contributed by atoms with Crippen LogP contribution >= 0.6 is 24.0 Å². The van der Waals surface area contributed by atoms with E-state index in [-0.39, 0.29) is 5.91 Å². The molecule has 1 amide bonds. The van der Waals surface area contributed by atoms with E-state index in [0.717, 1.165) is 28.7 Å². The Hall–Kier alpha value is -1.07. The summed E-state index contributed by atoms with van der Waals surface area (Å²) in [4.78, 5) is 13.9. The third kappa shape index (κ3) is 5.61.